The van der Waals surface area contributed by atoms with Gasteiger partial charge in [-0.05, 0) is 55.0 Å². The standard InChI is InChI=1S/C29H41N5O6/c1-18(2)25(31)28(38)34-24(16-19-8-4-3-5-9-19)27(37)33-23(17-20-11-13-21(35)14-12-20)26(36)32-22(29(39)40)10-6-7-15-30/h3-5,8-9,11-14,18,22-25,35H,6-7,10,15-17,30-31H2,1-2H3,(H,32,36)(H,33,37)(H,34,38)(H,39,40). The molecule has 0 aliphatic heterocycles. The van der Waals surface area contributed by atoms with Gasteiger partial charge in [-0.1, -0.05) is 56.3 Å². The maximum absolute atomic E-state index is 13.5. The molecule has 0 heterocycles. The van der Waals surface area contributed by atoms with E-state index in [0.29, 0.717) is 24.9 Å². The Morgan fingerprint density at radius 2 is 1.25 bits per heavy atom. The highest BCUT2D eigenvalue weighted by molar-refractivity contribution is 5.94. The number of carboxylic acid groups (broad SMARTS) is 1. The van der Waals surface area contributed by atoms with E-state index in [2.05, 4.69) is 16.0 Å². The molecule has 11 heteroatoms. The van der Waals surface area contributed by atoms with E-state index in [1.165, 1.54) is 12.1 Å². The van der Waals surface area contributed by atoms with Crippen LogP contribution in [0.1, 0.15) is 44.2 Å². The summed E-state index contributed by atoms with van der Waals surface area (Å²) in [5, 5.41) is 27.2. The molecule has 0 aromatic heterocycles. The average molecular weight is 556 g/mol. The van der Waals surface area contributed by atoms with Gasteiger partial charge >= 0.3 is 5.97 Å². The summed E-state index contributed by atoms with van der Waals surface area (Å²) >= 11 is 0. The first-order valence-corrected chi connectivity index (χ1v) is 13.4. The smallest absolute Gasteiger partial charge is 0.326 e. The van der Waals surface area contributed by atoms with E-state index >= 15 is 0 Å². The lowest BCUT2D eigenvalue weighted by molar-refractivity contribution is -0.142. The summed E-state index contributed by atoms with van der Waals surface area (Å²) < 4.78 is 0. The van der Waals surface area contributed by atoms with Crippen LogP contribution in [-0.2, 0) is 32.0 Å². The fraction of sp³-hybridized carbons (Fsp3) is 0.448. The quantitative estimate of drug-likeness (QED) is 0.148. The van der Waals surface area contributed by atoms with Gasteiger partial charge < -0.3 is 37.6 Å². The number of amides is 3. The summed E-state index contributed by atoms with van der Waals surface area (Å²) in [7, 11) is 0. The number of carboxylic acids is 1. The molecule has 40 heavy (non-hydrogen) atoms. The van der Waals surface area contributed by atoms with Gasteiger partial charge in [0, 0.05) is 12.8 Å². The third-order valence-electron chi connectivity index (χ3n) is 6.51. The van der Waals surface area contributed by atoms with Crippen molar-refractivity contribution in [3.8, 4) is 5.75 Å². The van der Waals surface area contributed by atoms with Crippen LogP contribution in [0.4, 0.5) is 0 Å². The number of benzene rings is 2. The highest BCUT2D eigenvalue weighted by atomic mass is 16.4. The van der Waals surface area contributed by atoms with Crippen LogP contribution in [0, 0.1) is 5.92 Å². The first-order valence-electron chi connectivity index (χ1n) is 13.4. The van der Waals surface area contributed by atoms with Crippen LogP contribution >= 0.6 is 0 Å². The Bertz CT molecular complexity index is 1110. The summed E-state index contributed by atoms with van der Waals surface area (Å²) in [4.78, 5) is 51.5. The van der Waals surface area contributed by atoms with Crippen molar-refractivity contribution in [2.45, 2.75) is 70.1 Å². The maximum Gasteiger partial charge on any atom is 0.326 e. The van der Waals surface area contributed by atoms with Gasteiger partial charge in [-0.3, -0.25) is 14.4 Å². The van der Waals surface area contributed by atoms with Crippen LogP contribution in [0.2, 0.25) is 0 Å². The molecule has 2 rings (SSSR count). The van der Waals surface area contributed by atoms with E-state index in [1.807, 2.05) is 30.3 Å². The van der Waals surface area contributed by atoms with E-state index < -0.39 is 47.9 Å². The van der Waals surface area contributed by atoms with Crippen LogP contribution < -0.4 is 27.4 Å². The number of phenolic OH excluding ortho intramolecular Hbond substituents is 1. The second kappa shape index (κ2) is 16.2. The topological polar surface area (TPSA) is 197 Å². The Hall–Kier alpha value is -3.96. The molecule has 0 aliphatic carbocycles. The maximum atomic E-state index is 13.5. The Labute approximate surface area is 234 Å². The molecule has 2 aromatic rings. The van der Waals surface area contributed by atoms with Crippen molar-refractivity contribution in [3.63, 3.8) is 0 Å². The summed E-state index contributed by atoms with van der Waals surface area (Å²) in [5.41, 5.74) is 12.9. The molecule has 0 saturated carbocycles. The molecular weight excluding hydrogens is 514 g/mol. The lowest BCUT2D eigenvalue weighted by atomic mass is 10.0. The summed E-state index contributed by atoms with van der Waals surface area (Å²) in [6.07, 6.45) is 1.45. The minimum atomic E-state index is -1.20. The van der Waals surface area contributed by atoms with Gasteiger partial charge in [-0.2, -0.15) is 0 Å². The number of hydrogen-bond donors (Lipinski definition) is 7. The molecule has 2 aromatic carbocycles. The Morgan fingerprint density at radius 3 is 1.75 bits per heavy atom. The van der Waals surface area contributed by atoms with Crippen molar-refractivity contribution >= 4 is 23.7 Å². The van der Waals surface area contributed by atoms with E-state index in [-0.39, 0.29) is 30.9 Å². The van der Waals surface area contributed by atoms with Crippen LogP contribution in [0.3, 0.4) is 0 Å². The van der Waals surface area contributed by atoms with E-state index in [4.69, 9.17) is 11.5 Å². The van der Waals surface area contributed by atoms with Crippen molar-refractivity contribution < 1.29 is 29.4 Å². The zero-order valence-electron chi connectivity index (χ0n) is 23.0. The molecule has 11 nitrogen and oxygen atoms in total. The molecule has 4 atom stereocenters. The number of carbonyl (C=O) groups excluding carboxylic acids is 3. The van der Waals surface area contributed by atoms with Crippen molar-refractivity contribution in [1.82, 2.24) is 16.0 Å². The fourth-order valence-corrected chi connectivity index (χ4v) is 4.00. The zero-order chi connectivity index (χ0) is 29.7. The number of unbranched alkanes of at least 4 members (excludes halogenated alkanes) is 1. The molecule has 0 aliphatic rings. The van der Waals surface area contributed by atoms with E-state index in [9.17, 15) is 29.4 Å². The van der Waals surface area contributed by atoms with Gasteiger partial charge in [0.15, 0.2) is 0 Å². The lowest BCUT2D eigenvalue weighted by Gasteiger charge is -2.26. The van der Waals surface area contributed by atoms with Gasteiger partial charge in [0.2, 0.25) is 17.7 Å². The number of phenols is 1. The molecule has 0 bridgehead atoms. The monoisotopic (exact) mass is 555 g/mol. The highest BCUT2D eigenvalue weighted by Gasteiger charge is 2.31. The second-order valence-corrected chi connectivity index (χ2v) is 10.1. The normalized spacial score (nSPS) is 14.0. The molecule has 0 saturated heterocycles. The van der Waals surface area contributed by atoms with Crippen LogP contribution in [0.25, 0.3) is 0 Å². The molecular formula is C29H41N5O6. The Kier molecular flexibility index (Phi) is 13.1. The number of aliphatic carboxylic acids is 1. The number of nitrogens with two attached hydrogens (primary N) is 2. The van der Waals surface area contributed by atoms with Crippen LogP contribution in [-0.4, -0.2) is 64.6 Å². The third-order valence-corrected chi connectivity index (χ3v) is 6.51. The lowest BCUT2D eigenvalue weighted by Crippen LogP contribution is -2.58. The van der Waals surface area contributed by atoms with Gasteiger partial charge in [0.1, 0.15) is 23.9 Å². The summed E-state index contributed by atoms with van der Waals surface area (Å²) in [6.45, 7) is 3.98. The predicted octanol–water partition coefficient (Wildman–Crippen LogP) is 0.829. The number of rotatable bonds is 16. The number of aromatic hydroxyl groups is 1. The number of carbonyl (C=O) groups is 4. The van der Waals surface area contributed by atoms with Crippen molar-refractivity contribution in [1.29, 1.82) is 0 Å². The fourth-order valence-electron chi connectivity index (χ4n) is 4.00. The average Bonchev–Trinajstić information content (AvgIpc) is 2.92. The Balaban J connectivity index is 2.30. The van der Waals surface area contributed by atoms with Crippen molar-refractivity contribution in [2.75, 3.05) is 6.54 Å². The third kappa shape index (κ3) is 10.7. The molecule has 4 unspecified atom stereocenters. The zero-order valence-corrected chi connectivity index (χ0v) is 23.0. The molecule has 0 spiro atoms. The van der Waals surface area contributed by atoms with E-state index in [0.717, 1.165) is 5.56 Å². The summed E-state index contributed by atoms with van der Waals surface area (Å²) in [5.74, 6) is -3.15. The van der Waals surface area contributed by atoms with Crippen LogP contribution in [0.5, 0.6) is 5.75 Å². The predicted molar refractivity (Wildman–Crippen MR) is 151 cm³/mol. The second-order valence-electron chi connectivity index (χ2n) is 10.1. The molecule has 9 N–H and O–H groups in total. The first-order chi connectivity index (χ1) is 19.0. The van der Waals surface area contributed by atoms with Gasteiger partial charge in [0.25, 0.3) is 0 Å². The Morgan fingerprint density at radius 1 is 0.750 bits per heavy atom. The van der Waals surface area contributed by atoms with Crippen LogP contribution in [0.15, 0.2) is 54.6 Å². The van der Waals surface area contributed by atoms with Gasteiger partial charge in [0.05, 0.1) is 6.04 Å². The van der Waals surface area contributed by atoms with E-state index in [1.54, 1.807) is 26.0 Å². The van der Waals surface area contributed by atoms with Crippen molar-refractivity contribution in [2.24, 2.45) is 17.4 Å². The largest absolute Gasteiger partial charge is 0.508 e. The SMILES string of the molecule is CC(C)C(N)C(=O)NC(Cc1ccccc1)C(=O)NC(Cc1ccc(O)cc1)C(=O)NC(CCCCN)C(=O)O. The molecule has 0 fully saturated rings. The van der Waals surface area contributed by atoms with Gasteiger partial charge in [-0.15, -0.1) is 0 Å². The minimum Gasteiger partial charge on any atom is -0.508 e. The summed E-state index contributed by atoms with van der Waals surface area (Å²) in [6, 6.07) is 11.0. The molecule has 0 radical (unpaired) electrons. The van der Waals surface area contributed by atoms with Crippen molar-refractivity contribution in [3.05, 3.63) is 65.7 Å². The molecule has 3 amide bonds. The first kappa shape index (κ1) is 32.3. The minimum absolute atomic E-state index is 0.0184. The van der Waals surface area contributed by atoms with Gasteiger partial charge in [-0.25, -0.2) is 4.79 Å². The number of nitrogens with one attached hydrogen (secondary N) is 3. The molecule has 218 valence electrons. The highest BCUT2D eigenvalue weighted by Crippen LogP contribution is 2.13. The number of hydrogen-bond acceptors (Lipinski definition) is 7.